The number of nitrogens with one attached hydrogen (secondary N) is 1. The number of anilines is 1. The fourth-order valence-corrected chi connectivity index (χ4v) is 2.86. The van der Waals surface area contributed by atoms with Crippen molar-refractivity contribution in [1.29, 1.82) is 0 Å². The molecule has 23 heavy (non-hydrogen) atoms. The SMILES string of the molecule is O=C(CN(Cc1ccccc1)c1ccccc1)N1CCNCC1. The topological polar surface area (TPSA) is 35.6 Å². The summed E-state index contributed by atoms with van der Waals surface area (Å²) >= 11 is 0. The molecule has 0 saturated carbocycles. The summed E-state index contributed by atoms with van der Waals surface area (Å²) in [5, 5.41) is 3.29. The second-order valence-electron chi connectivity index (χ2n) is 5.81. The highest BCUT2D eigenvalue weighted by Gasteiger charge is 2.19. The van der Waals surface area contributed by atoms with Crippen LogP contribution in [0.2, 0.25) is 0 Å². The maximum Gasteiger partial charge on any atom is 0.242 e. The molecule has 3 rings (SSSR count). The summed E-state index contributed by atoms with van der Waals surface area (Å²) in [4.78, 5) is 16.7. The molecule has 1 saturated heterocycles. The van der Waals surface area contributed by atoms with Crippen molar-refractivity contribution >= 4 is 11.6 Å². The lowest BCUT2D eigenvalue weighted by atomic mass is 10.2. The van der Waals surface area contributed by atoms with Gasteiger partial charge in [-0.2, -0.15) is 0 Å². The lowest BCUT2D eigenvalue weighted by molar-refractivity contribution is -0.130. The molecule has 1 aliphatic heterocycles. The Bertz CT molecular complexity index is 609. The minimum Gasteiger partial charge on any atom is -0.358 e. The molecule has 1 aliphatic rings. The first-order chi connectivity index (χ1) is 11.3. The Labute approximate surface area is 137 Å². The highest BCUT2D eigenvalue weighted by molar-refractivity contribution is 5.81. The van der Waals surface area contributed by atoms with Crippen molar-refractivity contribution in [1.82, 2.24) is 10.2 Å². The number of nitrogens with zero attached hydrogens (tertiary/aromatic N) is 2. The van der Waals surface area contributed by atoms with E-state index in [9.17, 15) is 4.79 Å². The van der Waals surface area contributed by atoms with Crippen molar-refractivity contribution in [2.75, 3.05) is 37.6 Å². The fraction of sp³-hybridized carbons (Fsp3) is 0.316. The highest BCUT2D eigenvalue weighted by Crippen LogP contribution is 2.17. The van der Waals surface area contributed by atoms with Gasteiger partial charge in [-0.3, -0.25) is 4.79 Å². The van der Waals surface area contributed by atoms with Gasteiger partial charge in [-0.25, -0.2) is 0 Å². The normalized spacial score (nSPS) is 14.5. The Hall–Kier alpha value is -2.33. The van der Waals surface area contributed by atoms with Gasteiger partial charge in [0, 0.05) is 38.4 Å². The summed E-state index contributed by atoms with van der Waals surface area (Å²) in [6.07, 6.45) is 0. The average molecular weight is 309 g/mol. The van der Waals surface area contributed by atoms with E-state index in [0.29, 0.717) is 6.54 Å². The molecule has 1 fully saturated rings. The Kier molecular flexibility index (Phi) is 5.27. The quantitative estimate of drug-likeness (QED) is 0.919. The monoisotopic (exact) mass is 309 g/mol. The van der Waals surface area contributed by atoms with E-state index < -0.39 is 0 Å². The second kappa shape index (κ2) is 7.79. The highest BCUT2D eigenvalue weighted by atomic mass is 16.2. The van der Waals surface area contributed by atoms with Gasteiger partial charge in [0.1, 0.15) is 0 Å². The molecule has 1 heterocycles. The molecular formula is C19H23N3O. The van der Waals surface area contributed by atoms with Crippen molar-refractivity contribution in [3.8, 4) is 0 Å². The Morgan fingerprint density at radius 1 is 0.957 bits per heavy atom. The van der Waals surface area contributed by atoms with Gasteiger partial charge in [-0.1, -0.05) is 48.5 Å². The second-order valence-corrected chi connectivity index (χ2v) is 5.81. The van der Waals surface area contributed by atoms with Crippen molar-refractivity contribution < 1.29 is 4.79 Å². The number of carbonyl (C=O) groups is 1. The van der Waals surface area contributed by atoms with Crippen LogP contribution in [0.25, 0.3) is 0 Å². The third kappa shape index (κ3) is 4.33. The minimum absolute atomic E-state index is 0.200. The number of hydrogen-bond donors (Lipinski definition) is 1. The third-order valence-corrected chi connectivity index (χ3v) is 4.13. The first-order valence-electron chi connectivity index (χ1n) is 8.15. The smallest absolute Gasteiger partial charge is 0.242 e. The Morgan fingerprint density at radius 3 is 2.22 bits per heavy atom. The summed E-state index contributed by atoms with van der Waals surface area (Å²) in [5.74, 6) is 0.200. The van der Waals surface area contributed by atoms with Gasteiger partial charge in [-0.15, -0.1) is 0 Å². The molecule has 0 bridgehead atoms. The molecular weight excluding hydrogens is 286 g/mol. The van der Waals surface area contributed by atoms with Crippen LogP contribution in [-0.4, -0.2) is 43.5 Å². The van der Waals surface area contributed by atoms with Crippen LogP contribution in [0.3, 0.4) is 0 Å². The van der Waals surface area contributed by atoms with E-state index in [-0.39, 0.29) is 5.91 Å². The molecule has 4 nitrogen and oxygen atoms in total. The van der Waals surface area contributed by atoms with E-state index >= 15 is 0 Å². The molecule has 1 amide bonds. The van der Waals surface area contributed by atoms with Crippen molar-refractivity contribution in [3.63, 3.8) is 0 Å². The van der Waals surface area contributed by atoms with Gasteiger partial charge in [0.05, 0.1) is 6.54 Å². The van der Waals surface area contributed by atoms with E-state index in [1.165, 1.54) is 5.56 Å². The zero-order valence-corrected chi connectivity index (χ0v) is 13.3. The van der Waals surface area contributed by atoms with Gasteiger partial charge in [0.2, 0.25) is 5.91 Å². The number of hydrogen-bond acceptors (Lipinski definition) is 3. The number of amides is 1. The lowest BCUT2D eigenvalue weighted by Crippen LogP contribution is -2.49. The molecule has 0 radical (unpaired) electrons. The number of rotatable bonds is 5. The van der Waals surface area contributed by atoms with Crippen LogP contribution in [0, 0.1) is 0 Å². The standard InChI is InChI=1S/C19H23N3O/c23-19(21-13-11-20-12-14-21)16-22(18-9-5-2-6-10-18)15-17-7-3-1-4-8-17/h1-10,20H,11-16H2. The van der Waals surface area contributed by atoms with Crippen LogP contribution in [0.15, 0.2) is 60.7 Å². The van der Waals surface area contributed by atoms with E-state index in [0.717, 1.165) is 38.4 Å². The van der Waals surface area contributed by atoms with Crippen LogP contribution in [0.5, 0.6) is 0 Å². The van der Waals surface area contributed by atoms with Crippen LogP contribution < -0.4 is 10.2 Å². The van der Waals surface area contributed by atoms with Crippen molar-refractivity contribution in [2.24, 2.45) is 0 Å². The van der Waals surface area contributed by atoms with E-state index in [1.807, 2.05) is 41.3 Å². The van der Waals surface area contributed by atoms with Gasteiger partial charge < -0.3 is 15.1 Å². The number of carbonyl (C=O) groups excluding carboxylic acids is 1. The van der Waals surface area contributed by atoms with Crippen molar-refractivity contribution in [3.05, 3.63) is 66.2 Å². The predicted molar refractivity (Wildman–Crippen MR) is 93.4 cm³/mol. The van der Waals surface area contributed by atoms with Crippen LogP contribution in [0.1, 0.15) is 5.56 Å². The number of piperazine rings is 1. The number of para-hydroxylation sites is 1. The molecule has 0 aliphatic carbocycles. The van der Waals surface area contributed by atoms with Crippen LogP contribution in [0.4, 0.5) is 5.69 Å². The summed E-state index contributed by atoms with van der Waals surface area (Å²) in [5.41, 5.74) is 2.30. The molecule has 0 aromatic heterocycles. The van der Waals surface area contributed by atoms with Gasteiger partial charge in [0.15, 0.2) is 0 Å². The van der Waals surface area contributed by atoms with Gasteiger partial charge >= 0.3 is 0 Å². The van der Waals surface area contributed by atoms with Crippen molar-refractivity contribution in [2.45, 2.75) is 6.54 Å². The molecule has 0 spiro atoms. The summed E-state index contributed by atoms with van der Waals surface area (Å²) in [7, 11) is 0. The Balaban J connectivity index is 1.73. The zero-order chi connectivity index (χ0) is 15.9. The van der Waals surface area contributed by atoms with Gasteiger partial charge in [-0.05, 0) is 17.7 Å². The fourth-order valence-electron chi connectivity index (χ4n) is 2.86. The van der Waals surface area contributed by atoms with Gasteiger partial charge in [0.25, 0.3) is 0 Å². The minimum atomic E-state index is 0.200. The zero-order valence-electron chi connectivity index (χ0n) is 13.3. The van der Waals surface area contributed by atoms with E-state index in [4.69, 9.17) is 0 Å². The Morgan fingerprint density at radius 2 is 1.57 bits per heavy atom. The molecule has 2 aromatic rings. The molecule has 2 aromatic carbocycles. The number of benzene rings is 2. The van der Waals surface area contributed by atoms with E-state index in [2.05, 4.69) is 34.5 Å². The first kappa shape index (κ1) is 15.6. The predicted octanol–water partition coefficient (Wildman–Crippen LogP) is 2.12. The first-order valence-corrected chi connectivity index (χ1v) is 8.15. The molecule has 0 unspecified atom stereocenters. The molecule has 1 N–H and O–H groups in total. The van der Waals surface area contributed by atoms with E-state index in [1.54, 1.807) is 0 Å². The molecule has 0 atom stereocenters. The molecule has 4 heteroatoms. The lowest BCUT2D eigenvalue weighted by Gasteiger charge is -2.31. The summed E-state index contributed by atoms with van der Waals surface area (Å²) in [6, 6.07) is 20.5. The maximum atomic E-state index is 12.6. The average Bonchev–Trinajstić information content (AvgIpc) is 2.63. The molecule has 120 valence electrons. The summed E-state index contributed by atoms with van der Waals surface area (Å²) in [6.45, 7) is 4.52. The van der Waals surface area contributed by atoms with Crippen LogP contribution in [-0.2, 0) is 11.3 Å². The third-order valence-electron chi connectivity index (χ3n) is 4.13. The van der Waals surface area contributed by atoms with Crippen LogP contribution >= 0.6 is 0 Å². The summed E-state index contributed by atoms with van der Waals surface area (Å²) < 4.78 is 0. The largest absolute Gasteiger partial charge is 0.358 e. The maximum absolute atomic E-state index is 12.6.